The first kappa shape index (κ1) is 13.6. The highest BCUT2D eigenvalue weighted by molar-refractivity contribution is 5.66. The maximum atomic E-state index is 13.9. The summed E-state index contributed by atoms with van der Waals surface area (Å²) in [6.07, 6.45) is 0.278. The van der Waals surface area contributed by atoms with Gasteiger partial charge in [0.1, 0.15) is 11.6 Å². The van der Waals surface area contributed by atoms with Crippen molar-refractivity contribution in [1.82, 2.24) is 0 Å². The Bertz CT molecular complexity index is 414. The molecule has 94 valence electrons. The first-order chi connectivity index (χ1) is 7.93. The van der Waals surface area contributed by atoms with Gasteiger partial charge in [0.25, 0.3) is 0 Å². The van der Waals surface area contributed by atoms with E-state index in [1.54, 1.807) is 0 Å². The summed E-state index contributed by atoms with van der Waals surface area (Å²) in [7, 11) is 0. The summed E-state index contributed by atoms with van der Waals surface area (Å²) >= 11 is 0. The second-order valence-corrected chi connectivity index (χ2v) is 4.33. The fourth-order valence-corrected chi connectivity index (χ4v) is 1.71. The number of carboxylic acid groups (broad SMARTS) is 1. The van der Waals surface area contributed by atoms with Crippen LogP contribution >= 0.6 is 0 Å². The van der Waals surface area contributed by atoms with Gasteiger partial charge in [-0.3, -0.25) is 4.79 Å². The van der Waals surface area contributed by atoms with Gasteiger partial charge in [0.15, 0.2) is 0 Å². The van der Waals surface area contributed by atoms with Gasteiger partial charge in [0.05, 0.1) is 0 Å². The number of carbonyl (C=O) groups is 1. The van der Waals surface area contributed by atoms with Gasteiger partial charge in [-0.1, -0.05) is 19.9 Å². The standard InChI is InChI=1S/C13H16F2O2/c1-8(2)9-6-7-11(14)10(13(9)15)4-3-5-12(16)17/h6-8H,3-5H2,1-2H3,(H,16,17). The Hall–Kier alpha value is -1.45. The number of hydrogen-bond acceptors (Lipinski definition) is 1. The minimum atomic E-state index is -0.953. The van der Waals surface area contributed by atoms with Crippen LogP contribution in [0.1, 0.15) is 43.7 Å². The third kappa shape index (κ3) is 3.51. The third-order valence-electron chi connectivity index (χ3n) is 2.66. The highest BCUT2D eigenvalue weighted by Crippen LogP contribution is 2.24. The van der Waals surface area contributed by atoms with Crippen molar-refractivity contribution < 1.29 is 18.7 Å². The molecule has 0 aromatic heterocycles. The Balaban J connectivity index is 2.89. The van der Waals surface area contributed by atoms with Crippen molar-refractivity contribution in [2.75, 3.05) is 0 Å². The van der Waals surface area contributed by atoms with Gasteiger partial charge in [-0.2, -0.15) is 0 Å². The molecule has 1 aromatic carbocycles. The number of aliphatic carboxylic acids is 1. The highest BCUT2D eigenvalue weighted by atomic mass is 19.1. The summed E-state index contributed by atoms with van der Waals surface area (Å²) in [4.78, 5) is 10.3. The van der Waals surface area contributed by atoms with Crippen molar-refractivity contribution in [3.8, 4) is 0 Å². The van der Waals surface area contributed by atoms with Crippen LogP contribution in [0.15, 0.2) is 12.1 Å². The molecule has 1 rings (SSSR count). The zero-order valence-corrected chi connectivity index (χ0v) is 9.96. The van der Waals surface area contributed by atoms with E-state index in [9.17, 15) is 13.6 Å². The molecule has 0 spiro atoms. The molecule has 0 saturated heterocycles. The Morgan fingerprint density at radius 3 is 2.53 bits per heavy atom. The minimum Gasteiger partial charge on any atom is -0.481 e. The molecule has 0 bridgehead atoms. The smallest absolute Gasteiger partial charge is 0.303 e. The third-order valence-corrected chi connectivity index (χ3v) is 2.66. The summed E-state index contributed by atoms with van der Waals surface area (Å²) in [5.74, 6) is -2.11. The molecule has 0 saturated carbocycles. The van der Waals surface area contributed by atoms with E-state index in [2.05, 4.69) is 0 Å². The molecular weight excluding hydrogens is 226 g/mol. The molecule has 0 amide bonds. The molecule has 0 unspecified atom stereocenters. The van der Waals surface area contributed by atoms with Crippen molar-refractivity contribution in [1.29, 1.82) is 0 Å². The molecule has 0 radical (unpaired) electrons. The highest BCUT2D eigenvalue weighted by Gasteiger charge is 2.15. The molecule has 2 nitrogen and oxygen atoms in total. The van der Waals surface area contributed by atoms with Gasteiger partial charge in [-0.15, -0.1) is 0 Å². The topological polar surface area (TPSA) is 37.3 Å². The molecule has 1 N–H and O–H groups in total. The van der Waals surface area contributed by atoms with E-state index >= 15 is 0 Å². The van der Waals surface area contributed by atoms with E-state index < -0.39 is 17.6 Å². The van der Waals surface area contributed by atoms with Crippen LogP contribution < -0.4 is 0 Å². The molecule has 0 atom stereocenters. The van der Waals surface area contributed by atoms with E-state index in [0.29, 0.717) is 5.56 Å². The van der Waals surface area contributed by atoms with E-state index in [0.717, 1.165) is 0 Å². The van der Waals surface area contributed by atoms with E-state index in [1.807, 2.05) is 13.8 Å². The average Bonchev–Trinajstić information content (AvgIpc) is 2.21. The number of carboxylic acids is 1. The SMILES string of the molecule is CC(C)c1ccc(F)c(CCCC(=O)O)c1F. The first-order valence-electron chi connectivity index (χ1n) is 5.62. The number of benzene rings is 1. The van der Waals surface area contributed by atoms with Gasteiger partial charge >= 0.3 is 5.97 Å². The van der Waals surface area contributed by atoms with Crippen molar-refractivity contribution in [2.45, 2.75) is 39.0 Å². The van der Waals surface area contributed by atoms with Crippen LogP contribution in [0, 0.1) is 11.6 Å². The molecule has 1 aromatic rings. The molecule has 0 aliphatic carbocycles. The maximum absolute atomic E-state index is 13.9. The van der Waals surface area contributed by atoms with Crippen LogP contribution in [0.5, 0.6) is 0 Å². The lowest BCUT2D eigenvalue weighted by Gasteiger charge is -2.11. The van der Waals surface area contributed by atoms with Crippen molar-refractivity contribution in [3.05, 3.63) is 34.9 Å². The van der Waals surface area contributed by atoms with Gasteiger partial charge in [0, 0.05) is 12.0 Å². The molecular formula is C13H16F2O2. The van der Waals surface area contributed by atoms with Crippen LogP contribution in [0.2, 0.25) is 0 Å². The molecule has 0 heterocycles. The molecule has 0 aliphatic heterocycles. The van der Waals surface area contributed by atoms with Gasteiger partial charge in [-0.25, -0.2) is 8.78 Å². The lowest BCUT2D eigenvalue weighted by Crippen LogP contribution is -2.04. The molecule has 0 fully saturated rings. The Labute approximate surface area is 99.3 Å². The van der Waals surface area contributed by atoms with E-state index in [-0.39, 0.29) is 30.7 Å². The van der Waals surface area contributed by atoms with E-state index in [1.165, 1.54) is 12.1 Å². The fourth-order valence-electron chi connectivity index (χ4n) is 1.71. The quantitative estimate of drug-likeness (QED) is 0.858. The second kappa shape index (κ2) is 5.75. The number of rotatable bonds is 5. The van der Waals surface area contributed by atoms with E-state index in [4.69, 9.17) is 5.11 Å². The minimum absolute atomic E-state index is 0.00236. The first-order valence-corrected chi connectivity index (χ1v) is 5.62. The predicted octanol–water partition coefficient (Wildman–Crippen LogP) is 3.50. The Morgan fingerprint density at radius 1 is 1.35 bits per heavy atom. The monoisotopic (exact) mass is 242 g/mol. The summed E-state index contributed by atoms with van der Waals surface area (Å²) in [5.41, 5.74) is 0.467. The summed E-state index contributed by atoms with van der Waals surface area (Å²) in [6, 6.07) is 2.69. The van der Waals surface area contributed by atoms with Crippen LogP contribution in [0.3, 0.4) is 0 Å². The van der Waals surface area contributed by atoms with Crippen molar-refractivity contribution >= 4 is 5.97 Å². The van der Waals surface area contributed by atoms with Gasteiger partial charge in [0.2, 0.25) is 0 Å². The normalized spacial score (nSPS) is 10.9. The number of hydrogen-bond donors (Lipinski definition) is 1. The largest absolute Gasteiger partial charge is 0.481 e. The average molecular weight is 242 g/mol. The lowest BCUT2D eigenvalue weighted by atomic mass is 9.97. The molecule has 17 heavy (non-hydrogen) atoms. The maximum Gasteiger partial charge on any atom is 0.303 e. The Morgan fingerprint density at radius 2 is 2.00 bits per heavy atom. The predicted molar refractivity (Wildman–Crippen MR) is 61.0 cm³/mol. The van der Waals surface area contributed by atoms with Crippen LogP contribution in [0.25, 0.3) is 0 Å². The van der Waals surface area contributed by atoms with Crippen LogP contribution in [-0.2, 0) is 11.2 Å². The fraction of sp³-hybridized carbons (Fsp3) is 0.462. The summed E-state index contributed by atoms with van der Waals surface area (Å²) in [5, 5.41) is 8.49. The van der Waals surface area contributed by atoms with Crippen molar-refractivity contribution in [2.24, 2.45) is 0 Å². The summed E-state index contributed by atoms with van der Waals surface area (Å²) < 4.78 is 27.4. The van der Waals surface area contributed by atoms with Crippen LogP contribution in [-0.4, -0.2) is 11.1 Å². The van der Waals surface area contributed by atoms with Crippen molar-refractivity contribution in [3.63, 3.8) is 0 Å². The number of halogens is 2. The molecule has 4 heteroatoms. The van der Waals surface area contributed by atoms with Crippen LogP contribution in [0.4, 0.5) is 8.78 Å². The zero-order chi connectivity index (χ0) is 13.0. The summed E-state index contributed by atoms with van der Waals surface area (Å²) in [6.45, 7) is 3.66. The van der Waals surface area contributed by atoms with Gasteiger partial charge < -0.3 is 5.11 Å². The molecule has 0 aliphatic rings. The Kier molecular flexibility index (Phi) is 4.61. The van der Waals surface area contributed by atoms with Gasteiger partial charge in [-0.05, 0) is 30.4 Å². The zero-order valence-electron chi connectivity index (χ0n) is 9.96. The second-order valence-electron chi connectivity index (χ2n) is 4.33. The lowest BCUT2D eigenvalue weighted by molar-refractivity contribution is -0.137.